The maximum atomic E-state index is 13.0. The highest BCUT2D eigenvalue weighted by Gasteiger charge is 2.22. The number of aromatic nitrogens is 1. The number of amides is 2. The molecule has 2 aromatic carbocycles. The van der Waals surface area contributed by atoms with Gasteiger partial charge in [-0.25, -0.2) is 0 Å². The lowest BCUT2D eigenvalue weighted by Gasteiger charge is -2.19. The fourth-order valence-electron chi connectivity index (χ4n) is 4.37. The van der Waals surface area contributed by atoms with E-state index in [4.69, 9.17) is 0 Å². The Balaban J connectivity index is 1.49. The van der Waals surface area contributed by atoms with Crippen molar-refractivity contribution in [1.29, 1.82) is 0 Å². The van der Waals surface area contributed by atoms with Crippen molar-refractivity contribution in [3.8, 4) is 0 Å². The minimum Gasteiger partial charge on any atom is -0.358 e. The van der Waals surface area contributed by atoms with Crippen LogP contribution in [0.5, 0.6) is 0 Å². The van der Waals surface area contributed by atoms with Gasteiger partial charge in [0.1, 0.15) is 0 Å². The summed E-state index contributed by atoms with van der Waals surface area (Å²) in [5.74, 6) is 0.323. The third kappa shape index (κ3) is 3.97. The Morgan fingerprint density at radius 2 is 2.00 bits per heavy atom. The van der Waals surface area contributed by atoms with Crippen molar-refractivity contribution in [2.75, 3.05) is 18.9 Å². The molecule has 1 heterocycles. The Morgan fingerprint density at radius 1 is 1.20 bits per heavy atom. The van der Waals surface area contributed by atoms with E-state index >= 15 is 0 Å². The van der Waals surface area contributed by atoms with Crippen LogP contribution < -0.4 is 5.32 Å². The summed E-state index contributed by atoms with van der Waals surface area (Å²) in [4.78, 5) is 30.5. The molecule has 0 radical (unpaired) electrons. The van der Waals surface area contributed by atoms with E-state index in [1.807, 2.05) is 42.5 Å². The molecule has 0 saturated heterocycles. The van der Waals surface area contributed by atoms with Gasteiger partial charge in [-0.3, -0.25) is 9.59 Å². The fourth-order valence-corrected chi connectivity index (χ4v) is 4.37. The standard InChI is InChI=1S/C25H29N3O2/c1-4-17-7-5-6-8-21(17)27-24(29)15-28(3)25(30)18-10-12-23-20(14-18)19-13-16(2)9-11-22(19)26-23/h5-8,10,12,14,16,26H,4,9,11,13,15H2,1-3H3,(H,27,29)/t16-/m1/s1. The quantitative estimate of drug-likeness (QED) is 0.656. The first kappa shape index (κ1) is 20.2. The minimum atomic E-state index is -0.194. The predicted octanol–water partition coefficient (Wildman–Crippen LogP) is 4.57. The summed E-state index contributed by atoms with van der Waals surface area (Å²) < 4.78 is 0. The number of hydrogen-bond acceptors (Lipinski definition) is 2. The molecule has 1 atom stereocenters. The number of benzene rings is 2. The molecular weight excluding hydrogens is 374 g/mol. The Kier molecular flexibility index (Phi) is 5.62. The molecule has 5 heteroatoms. The number of para-hydroxylation sites is 1. The van der Waals surface area contributed by atoms with Crippen LogP contribution >= 0.6 is 0 Å². The molecule has 156 valence electrons. The first-order valence-corrected chi connectivity index (χ1v) is 10.7. The topological polar surface area (TPSA) is 65.2 Å². The third-order valence-electron chi connectivity index (χ3n) is 6.08. The summed E-state index contributed by atoms with van der Waals surface area (Å²) in [5.41, 5.74) is 6.23. The predicted molar refractivity (Wildman–Crippen MR) is 121 cm³/mol. The molecule has 4 rings (SSSR count). The number of carbonyl (C=O) groups excluding carboxylic acids is 2. The second kappa shape index (κ2) is 8.34. The number of aromatic amines is 1. The zero-order valence-corrected chi connectivity index (χ0v) is 17.9. The molecule has 1 aliphatic rings. The zero-order chi connectivity index (χ0) is 21.3. The Labute approximate surface area is 177 Å². The molecule has 0 unspecified atom stereocenters. The summed E-state index contributed by atoms with van der Waals surface area (Å²) >= 11 is 0. The maximum absolute atomic E-state index is 13.0. The average Bonchev–Trinajstić information content (AvgIpc) is 3.10. The van der Waals surface area contributed by atoms with Gasteiger partial charge in [0.2, 0.25) is 5.91 Å². The number of carbonyl (C=O) groups is 2. The van der Waals surface area contributed by atoms with Crippen LogP contribution in [0.25, 0.3) is 10.9 Å². The van der Waals surface area contributed by atoms with Crippen LogP contribution in [0, 0.1) is 5.92 Å². The number of fused-ring (bicyclic) bond motifs is 3. The van der Waals surface area contributed by atoms with Gasteiger partial charge >= 0.3 is 0 Å². The molecule has 5 nitrogen and oxygen atoms in total. The molecule has 2 N–H and O–H groups in total. The Hall–Kier alpha value is -3.08. The van der Waals surface area contributed by atoms with Crippen LogP contribution in [0.2, 0.25) is 0 Å². The number of nitrogens with zero attached hydrogens (tertiary/aromatic N) is 1. The van der Waals surface area contributed by atoms with Crippen molar-refractivity contribution in [3.05, 3.63) is 64.8 Å². The molecule has 0 fully saturated rings. The van der Waals surface area contributed by atoms with Crippen LogP contribution in [0.3, 0.4) is 0 Å². The second-order valence-electron chi connectivity index (χ2n) is 8.41. The summed E-state index contributed by atoms with van der Waals surface area (Å²) in [7, 11) is 1.67. The molecule has 2 amide bonds. The average molecular weight is 404 g/mol. The van der Waals surface area contributed by atoms with E-state index in [0.29, 0.717) is 11.5 Å². The van der Waals surface area contributed by atoms with Gasteiger partial charge in [0.15, 0.2) is 0 Å². The van der Waals surface area contributed by atoms with Gasteiger partial charge in [-0.2, -0.15) is 0 Å². The molecule has 3 aromatic rings. The van der Waals surface area contributed by atoms with Crippen LogP contribution in [0.4, 0.5) is 5.69 Å². The SMILES string of the molecule is CCc1ccccc1NC(=O)CN(C)C(=O)c1ccc2[nH]c3c(c2c1)C[C@H](C)CC3. The van der Waals surface area contributed by atoms with Crippen molar-refractivity contribution < 1.29 is 9.59 Å². The summed E-state index contributed by atoms with van der Waals surface area (Å²) in [6.07, 6.45) is 4.14. The summed E-state index contributed by atoms with van der Waals surface area (Å²) in [5, 5.41) is 4.07. The molecule has 0 aliphatic heterocycles. The van der Waals surface area contributed by atoms with Crippen LogP contribution in [0.15, 0.2) is 42.5 Å². The largest absolute Gasteiger partial charge is 0.358 e. The summed E-state index contributed by atoms with van der Waals surface area (Å²) in [6, 6.07) is 13.6. The highest BCUT2D eigenvalue weighted by Crippen LogP contribution is 2.32. The van der Waals surface area contributed by atoms with Crippen molar-refractivity contribution in [2.45, 2.75) is 39.5 Å². The highest BCUT2D eigenvalue weighted by atomic mass is 16.2. The van der Waals surface area contributed by atoms with E-state index in [1.54, 1.807) is 7.05 Å². The van der Waals surface area contributed by atoms with E-state index < -0.39 is 0 Å². The third-order valence-corrected chi connectivity index (χ3v) is 6.08. The van der Waals surface area contributed by atoms with Crippen molar-refractivity contribution >= 4 is 28.4 Å². The molecule has 0 spiro atoms. The van der Waals surface area contributed by atoms with Crippen LogP contribution in [-0.4, -0.2) is 35.3 Å². The first-order chi connectivity index (χ1) is 14.5. The number of hydrogen-bond donors (Lipinski definition) is 2. The van der Waals surface area contributed by atoms with Crippen molar-refractivity contribution in [3.63, 3.8) is 0 Å². The highest BCUT2D eigenvalue weighted by molar-refractivity contribution is 6.02. The zero-order valence-electron chi connectivity index (χ0n) is 17.9. The smallest absolute Gasteiger partial charge is 0.254 e. The van der Waals surface area contributed by atoms with E-state index in [1.165, 1.54) is 22.6 Å². The van der Waals surface area contributed by atoms with Gasteiger partial charge in [-0.15, -0.1) is 0 Å². The lowest BCUT2D eigenvalue weighted by atomic mass is 9.87. The van der Waals surface area contributed by atoms with Gasteiger partial charge < -0.3 is 15.2 Å². The first-order valence-electron chi connectivity index (χ1n) is 10.7. The molecule has 30 heavy (non-hydrogen) atoms. The van der Waals surface area contributed by atoms with E-state index in [0.717, 1.165) is 41.4 Å². The summed E-state index contributed by atoms with van der Waals surface area (Å²) in [6.45, 7) is 4.34. The number of H-pyrrole nitrogens is 1. The molecule has 0 saturated carbocycles. The number of anilines is 1. The fraction of sp³-hybridized carbons (Fsp3) is 0.360. The number of nitrogens with one attached hydrogen (secondary N) is 2. The van der Waals surface area contributed by atoms with Gasteiger partial charge in [-0.05, 0) is 67.0 Å². The lowest BCUT2D eigenvalue weighted by Crippen LogP contribution is -2.35. The molecule has 1 aromatic heterocycles. The maximum Gasteiger partial charge on any atom is 0.254 e. The Bertz CT molecular complexity index is 1100. The number of rotatable bonds is 5. The van der Waals surface area contributed by atoms with Gasteiger partial charge in [-0.1, -0.05) is 32.0 Å². The van der Waals surface area contributed by atoms with E-state index in [2.05, 4.69) is 24.1 Å². The van der Waals surface area contributed by atoms with E-state index in [9.17, 15) is 9.59 Å². The Morgan fingerprint density at radius 3 is 2.80 bits per heavy atom. The number of aryl methyl sites for hydroxylation is 2. The molecule has 1 aliphatic carbocycles. The van der Waals surface area contributed by atoms with Crippen molar-refractivity contribution in [1.82, 2.24) is 9.88 Å². The van der Waals surface area contributed by atoms with Gasteiger partial charge in [0, 0.05) is 34.9 Å². The van der Waals surface area contributed by atoms with Gasteiger partial charge in [0.05, 0.1) is 6.54 Å². The van der Waals surface area contributed by atoms with E-state index in [-0.39, 0.29) is 18.4 Å². The van der Waals surface area contributed by atoms with Gasteiger partial charge in [0.25, 0.3) is 5.91 Å². The van der Waals surface area contributed by atoms with Crippen molar-refractivity contribution in [2.24, 2.45) is 5.92 Å². The van der Waals surface area contributed by atoms with Crippen LogP contribution in [-0.2, 0) is 24.1 Å². The molecule has 0 bridgehead atoms. The molecular formula is C25H29N3O2. The lowest BCUT2D eigenvalue weighted by molar-refractivity contribution is -0.116. The second-order valence-corrected chi connectivity index (χ2v) is 8.41. The van der Waals surface area contributed by atoms with Crippen LogP contribution in [0.1, 0.15) is 47.4 Å². The normalized spacial score (nSPS) is 15.6. The number of likely N-dealkylation sites (N-methyl/N-ethyl adjacent to an activating group) is 1. The monoisotopic (exact) mass is 403 g/mol. The minimum absolute atomic E-state index is 0.0111.